The largest absolute Gasteiger partial charge is 0.369 e. The maximum absolute atomic E-state index is 6.15. The van der Waals surface area contributed by atoms with Crippen LogP contribution in [-0.4, -0.2) is 7.05 Å². The third-order valence-corrected chi connectivity index (χ3v) is 3.88. The molecule has 90 valence electrons. The summed E-state index contributed by atoms with van der Waals surface area (Å²) >= 11 is 7.91. The van der Waals surface area contributed by atoms with Crippen molar-refractivity contribution in [3.8, 4) is 0 Å². The van der Waals surface area contributed by atoms with Crippen LogP contribution in [0.4, 0.5) is 5.69 Å². The van der Waals surface area contributed by atoms with Gasteiger partial charge >= 0.3 is 0 Å². The molecule has 0 spiro atoms. The third-order valence-electron chi connectivity index (χ3n) is 2.67. The molecule has 0 amide bonds. The molecule has 0 saturated carbocycles. The highest BCUT2D eigenvalue weighted by molar-refractivity contribution is 7.09. The number of hydrogen-bond acceptors (Lipinski definition) is 3. The molecule has 0 atom stereocenters. The van der Waals surface area contributed by atoms with Crippen molar-refractivity contribution in [2.24, 2.45) is 5.73 Å². The van der Waals surface area contributed by atoms with E-state index in [2.05, 4.69) is 35.5 Å². The van der Waals surface area contributed by atoms with Gasteiger partial charge in [0, 0.05) is 29.2 Å². The summed E-state index contributed by atoms with van der Waals surface area (Å²) in [5.74, 6) is 0. The van der Waals surface area contributed by atoms with Gasteiger partial charge in [0.2, 0.25) is 0 Å². The molecule has 2 nitrogen and oxygen atoms in total. The quantitative estimate of drug-likeness (QED) is 0.918. The Hall–Kier alpha value is -1.03. The first-order valence-corrected chi connectivity index (χ1v) is 6.68. The monoisotopic (exact) mass is 266 g/mol. The van der Waals surface area contributed by atoms with Crippen molar-refractivity contribution in [1.29, 1.82) is 0 Å². The summed E-state index contributed by atoms with van der Waals surface area (Å²) < 4.78 is 0. The third kappa shape index (κ3) is 3.00. The summed E-state index contributed by atoms with van der Waals surface area (Å²) in [5.41, 5.74) is 7.69. The first-order chi connectivity index (χ1) is 8.20. The summed E-state index contributed by atoms with van der Waals surface area (Å²) in [6, 6.07) is 10.2. The second kappa shape index (κ2) is 5.54. The Bertz CT molecular complexity index is 482. The van der Waals surface area contributed by atoms with E-state index in [1.807, 2.05) is 12.1 Å². The second-order valence-corrected chi connectivity index (χ2v) is 5.35. The molecule has 0 fully saturated rings. The Labute approximate surface area is 111 Å². The standard InChI is InChI=1S/C13H15ClN2S/c1-16(9-12-3-2-6-17-12)11-5-4-10(8-15)13(14)7-11/h2-7H,8-9,15H2,1H3. The SMILES string of the molecule is CN(Cc1cccs1)c1ccc(CN)c(Cl)c1. The molecule has 2 rings (SSSR count). The predicted octanol–water partition coefficient (Wildman–Crippen LogP) is 3.50. The van der Waals surface area contributed by atoms with Gasteiger partial charge in [-0.1, -0.05) is 23.7 Å². The van der Waals surface area contributed by atoms with Crippen molar-refractivity contribution in [2.45, 2.75) is 13.1 Å². The minimum Gasteiger partial charge on any atom is -0.369 e. The van der Waals surface area contributed by atoms with Crippen LogP contribution in [-0.2, 0) is 13.1 Å². The van der Waals surface area contributed by atoms with E-state index in [9.17, 15) is 0 Å². The average Bonchev–Trinajstić information content (AvgIpc) is 2.81. The molecule has 1 heterocycles. The van der Waals surface area contributed by atoms with Gasteiger partial charge < -0.3 is 10.6 Å². The van der Waals surface area contributed by atoms with E-state index < -0.39 is 0 Å². The van der Waals surface area contributed by atoms with Gasteiger partial charge in [-0.2, -0.15) is 0 Å². The maximum atomic E-state index is 6.15. The van der Waals surface area contributed by atoms with Crippen LogP contribution in [0.15, 0.2) is 35.7 Å². The molecule has 1 aromatic heterocycles. The molecule has 17 heavy (non-hydrogen) atoms. The molecular formula is C13H15ClN2S. The van der Waals surface area contributed by atoms with Crippen LogP contribution in [0, 0.1) is 0 Å². The molecule has 0 bridgehead atoms. The van der Waals surface area contributed by atoms with Crippen LogP contribution < -0.4 is 10.6 Å². The highest BCUT2D eigenvalue weighted by atomic mass is 35.5. The number of benzene rings is 1. The van der Waals surface area contributed by atoms with Crippen molar-refractivity contribution >= 4 is 28.6 Å². The van der Waals surface area contributed by atoms with Crippen LogP contribution >= 0.6 is 22.9 Å². The van der Waals surface area contributed by atoms with Gasteiger partial charge in [-0.15, -0.1) is 11.3 Å². The number of hydrogen-bond donors (Lipinski definition) is 1. The zero-order valence-electron chi connectivity index (χ0n) is 9.69. The van der Waals surface area contributed by atoms with Crippen LogP contribution in [0.2, 0.25) is 5.02 Å². The van der Waals surface area contributed by atoms with E-state index in [1.165, 1.54) is 4.88 Å². The van der Waals surface area contributed by atoms with E-state index in [-0.39, 0.29) is 0 Å². The molecule has 0 aliphatic heterocycles. The van der Waals surface area contributed by atoms with Crippen LogP contribution in [0.25, 0.3) is 0 Å². The Morgan fingerprint density at radius 1 is 1.35 bits per heavy atom. The number of nitrogens with two attached hydrogens (primary N) is 1. The zero-order chi connectivity index (χ0) is 12.3. The highest BCUT2D eigenvalue weighted by Gasteiger charge is 2.05. The number of nitrogens with zero attached hydrogens (tertiary/aromatic N) is 1. The van der Waals surface area contributed by atoms with E-state index in [4.69, 9.17) is 17.3 Å². The lowest BCUT2D eigenvalue weighted by molar-refractivity contribution is 0.938. The molecule has 1 aromatic carbocycles. The first-order valence-electron chi connectivity index (χ1n) is 5.42. The van der Waals surface area contributed by atoms with Crippen LogP contribution in [0.1, 0.15) is 10.4 Å². The fourth-order valence-electron chi connectivity index (χ4n) is 1.67. The first kappa shape index (κ1) is 12.4. The molecule has 4 heteroatoms. The summed E-state index contributed by atoms with van der Waals surface area (Å²) in [4.78, 5) is 3.52. The van der Waals surface area contributed by atoms with Gasteiger partial charge in [0.25, 0.3) is 0 Å². The van der Waals surface area contributed by atoms with Crippen molar-refractivity contribution in [1.82, 2.24) is 0 Å². The minimum atomic E-state index is 0.480. The fraction of sp³-hybridized carbons (Fsp3) is 0.231. The topological polar surface area (TPSA) is 29.3 Å². The van der Waals surface area contributed by atoms with Gasteiger partial charge in [-0.3, -0.25) is 0 Å². The minimum absolute atomic E-state index is 0.480. The van der Waals surface area contributed by atoms with Crippen LogP contribution in [0.3, 0.4) is 0 Å². The predicted molar refractivity (Wildman–Crippen MR) is 75.8 cm³/mol. The summed E-state index contributed by atoms with van der Waals surface area (Å²) in [6.07, 6.45) is 0. The lowest BCUT2D eigenvalue weighted by atomic mass is 10.2. The summed E-state index contributed by atoms with van der Waals surface area (Å²) in [5, 5.41) is 2.83. The van der Waals surface area contributed by atoms with Gasteiger partial charge in [0.15, 0.2) is 0 Å². The number of rotatable bonds is 4. The van der Waals surface area contributed by atoms with Crippen LogP contribution in [0.5, 0.6) is 0 Å². The molecule has 2 N–H and O–H groups in total. The smallest absolute Gasteiger partial charge is 0.0519 e. The average molecular weight is 267 g/mol. The van der Waals surface area contributed by atoms with Crippen molar-refractivity contribution in [2.75, 3.05) is 11.9 Å². The summed E-state index contributed by atoms with van der Waals surface area (Å²) in [7, 11) is 2.06. The van der Waals surface area contributed by atoms with E-state index in [0.717, 1.165) is 22.8 Å². The Kier molecular flexibility index (Phi) is 4.05. The van der Waals surface area contributed by atoms with Gasteiger partial charge in [-0.25, -0.2) is 0 Å². The molecule has 0 saturated heterocycles. The van der Waals surface area contributed by atoms with E-state index >= 15 is 0 Å². The lowest BCUT2D eigenvalue weighted by Gasteiger charge is -2.19. The van der Waals surface area contributed by atoms with Crippen molar-refractivity contribution in [3.63, 3.8) is 0 Å². The lowest BCUT2D eigenvalue weighted by Crippen LogP contribution is -2.15. The van der Waals surface area contributed by atoms with Crippen molar-refractivity contribution in [3.05, 3.63) is 51.2 Å². The Morgan fingerprint density at radius 3 is 2.76 bits per heavy atom. The van der Waals surface area contributed by atoms with E-state index in [1.54, 1.807) is 11.3 Å². The number of thiophene rings is 1. The van der Waals surface area contributed by atoms with Gasteiger partial charge in [0.05, 0.1) is 6.54 Å². The molecule has 0 radical (unpaired) electrons. The highest BCUT2D eigenvalue weighted by Crippen LogP contribution is 2.24. The fourth-order valence-corrected chi connectivity index (χ4v) is 2.68. The molecule has 0 aliphatic rings. The Balaban J connectivity index is 2.14. The second-order valence-electron chi connectivity index (χ2n) is 3.92. The number of halogens is 1. The molecule has 0 unspecified atom stereocenters. The number of anilines is 1. The Morgan fingerprint density at radius 2 is 2.18 bits per heavy atom. The maximum Gasteiger partial charge on any atom is 0.0519 e. The zero-order valence-corrected chi connectivity index (χ0v) is 11.3. The van der Waals surface area contributed by atoms with Gasteiger partial charge in [-0.05, 0) is 29.1 Å². The van der Waals surface area contributed by atoms with Crippen molar-refractivity contribution < 1.29 is 0 Å². The summed E-state index contributed by atoms with van der Waals surface area (Å²) in [6.45, 7) is 1.38. The van der Waals surface area contributed by atoms with Gasteiger partial charge in [0.1, 0.15) is 0 Å². The molecule has 0 aliphatic carbocycles. The normalized spacial score (nSPS) is 10.5. The molecular weight excluding hydrogens is 252 g/mol. The van der Waals surface area contributed by atoms with E-state index in [0.29, 0.717) is 6.54 Å². The molecule has 2 aromatic rings.